The lowest BCUT2D eigenvalue weighted by atomic mass is 10.3. The molecule has 0 unspecified atom stereocenters. The van der Waals surface area contributed by atoms with Crippen LogP contribution < -0.4 is 0 Å². The van der Waals surface area contributed by atoms with Gasteiger partial charge in [0.25, 0.3) is 0 Å². The van der Waals surface area contributed by atoms with Crippen LogP contribution in [0.15, 0.2) is 0 Å². The topological polar surface area (TPSA) is 20.2 Å². The van der Waals surface area contributed by atoms with Crippen molar-refractivity contribution in [3.63, 3.8) is 0 Å². The Hall–Kier alpha value is 0.440. The molecule has 0 aromatic carbocycles. The highest BCUT2D eigenvalue weighted by Gasteiger charge is 1.76. The van der Waals surface area contributed by atoms with E-state index in [4.69, 9.17) is 5.11 Å². The quantitative estimate of drug-likeness (QED) is 0.638. The van der Waals surface area contributed by atoms with Crippen LogP contribution in [0.2, 0.25) is 0 Å². The molecule has 0 aliphatic rings. The monoisotopic (exact) mass is 168 g/mol. The van der Waals surface area contributed by atoms with Gasteiger partial charge >= 0.3 is 0 Å². The van der Waals surface area contributed by atoms with Crippen molar-refractivity contribution in [1.82, 2.24) is 0 Å². The van der Waals surface area contributed by atoms with Gasteiger partial charge in [-0.1, -0.05) is 19.8 Å². The van der Waals surface area contributed by atoms with E-state index < -0.39 is 0 Å². The number of halogens is 1. The normalized spacial score (nSPS) is 7.71. The van der Waals surface area contributed by atoms with Gasteiger partial charge in [0.1, 0.15) is 0 Å². The first-order valence-corrected chi connectivity index (χ1v) is 2.52. The summed E-state index contributed by atoms with van der Waals surface area (Å²) in [4.78, 5) is 0. The fraction of sp³-hybridized carbons (Fsp3) is 1.00. The van der Waals surface area contributed by atoms with E-state index in [0.29, 0.717) is 6.61 Å². The van der Waals surface area contributed by atoms with E-state index in [1.165, 1.54) is 6.42 Å². The largest absolute Gasteiger partial charge is 0.396 e. The second-order valence-corrected chi connectivity index (χ2v) is 1.43. The smallest absolute Gasteiger partial charge is 0.0431 e. The van der Waals surface area contributed by atoms with E-state index in [-0.39, 0.29) is 17.0 Å². The van der Waals surface area contributed by atoms with Gasteiger partial charge in [-0.25, -0.2) is 0 Å². The maximum atomic E-state index is 8.20. The summed E-state index contributed by atoms with van der Waals surface area (Å²) in [6, 6.07) is 0. The maximum absolute atomic E-state index is 8.20. The lowest BCUT2D eigenvalue weighted by Crippen LogP contribution is -1.78. The molecule has 0 aliphatic heterocycles. The summed E-state index contributed by atoms with van der Waals surface area (Å²) in [5.74, 6) is 0. The summed E-state index contributed by atoms with van der Waals surface area (Å²) >= 11 is 0. The Morgan fingerprint density at radius 1 is 1.29 bits per heavy atom. The molecule has 0 amide bonds. The standard InChI is InChI=1S/C5H12O.BrH/c1-2-3-4-5-6;/h6H,2-5H2,1H3;1H. The third-order valence-corrected chi connectivity index (χ3v) is 0.762. The first kappa shape index (κ1) is 10.4. The number of hydrogen-bond donors (Lipinski definition) is 1. The molecule has 0 radical (unpaired) electrons. The van der Waals surface area contributed by atoms with Crippen molar-refractivity contribution in [3.05, 3.63) is 0 Å². The van der Waals surface area contributed by atoms with E-state index in [0.717, 1.165) is 12.8 Å². The molecule has 2 heteroatoms. The van der Waals surface area contributed by atoms with Crippen LogP contribution in [-0.4, -0.2) is 11.7 Å². The zero-order valence-corrected chi connectivity index (χ0v) is 6.40. The van der Waals surface area contributed by atoms with E-state index in [2.05, 4.69) is 6.92 Å². The SMILES string of the molecule is Br.CCCCCO. The summed E-state index contributed by atoms with van der Waals surface area (Å²) in [7, 11) is 0. The molecule has 0 spiro atoms. The zero-order chi connectivity index (χ0) is 4.83. The maximum Gasteiger partial charge on any atom is 0.0431 e. The third kappa shape index (κ3) is 10.7. The number of hydrogen-bond acceptors (Lipinski definition) is 1. The van der Waals surface area contributed by atoms with Crippen LogP contribution >= 0.6 is 17.0 Å². The zero-order valence-electron chi connectivity index (χ0n) is 4.68. The van der Waals surface area contributed by atoms with Gasteiger partial charge in [-0.2, -0.15) is 0 Å². The molecule has 0 aromatic heterocycles. The molecule has 0 aliphatic carbocycles. The van der Waals surface area contributed by atoms with Gasteiger partial charge in [-0.05, 0) is 6.42 Å². The van der Waals surface area contributed by atoms with Gasteiger partial charge < -0.3 is 5.11 Å². The van der Waals surface area contributed by atoms with Crippen molar-refractivity contribution in [2.45, 2.75) is 26.2 Å². The predicted molar refractivity (Wildman–Crippen MR) is 36.9 cm³/mol. The van der Waals surface area contributed by atoms with Gasteiger partial charge in [0.05, 0.1) is 0 Å². The average molecular weight is 169 g/mol. The Morgan fingerprint density at radius 2 is 1.86 bits per heavy atom. The lowest BCUT2D eigenvalue weighted by Gasteiger charge is -1.85. The van der Waals surface area contributed by atoms with Crippen molar-refractivity contribution >= 4 is 17.0 Å². The van der Waals surface area contributed by atoms with Crippen molar-refractivity contribution in [2.24, 2.45) is 0 Å². The minimum absolute atomic E-state index is 0. The van der Waals surface area contributed by atoms with Crippen LogP contribution in [0.3, 0.4) is 0 Å². The Bertz CT molecular complexity index is 20.0. The first-order valence-electron chi connectivity index (χ1n) is 2.52. The van der Waals surface area contributed by atoms with Gasteiger partial charge in [0, 0.05) is 6.61 Å². The summed E-state index contributed by atoms with van der Waals surface area (Å²) < 4.78 is 0. The van der Waals surface area contributed by atoms with Gasteiger partial charge in [0.15, 0.2) is 0 Å². The summed E-state index contributed by atoms with van der Waals surface area (Å²) in [5.41, 5.74) is 0. The molecule has 0 bridgehead atoms. The lowest BCUT2D eigenvalue weighted by molar-refractivity contribution is 0.284. The third-order valence-electron chi connectivity index (χ3n) is 0.762. The van der Waals surface area contributed by atoms with E-state index in [9.17, 15) is 0 Å². The molecule has 46 valence electrons. The number of aliphatic hydroxyl groups excluding tert-OH is 1. The highest BCUT2D eigenvalue weighted by Crippen LogP contribution is 1.89. The second kappa shape index (κ2) is 9.67. The highest BCUT2D eigenvalue weighted by molar-refractivity contribution is 8.93. The Kier molecular flexibility index (Phi) is 14.4. The molecule has 0 fully saturated rings. The van der Waals surface area contributed by atoms with E-state index in [1.54, 1.807) is 0 Å². The van der Waals surface area contributed by atoms with Crippen molar-refractivity contribution < 1.29 is 5.11 Å². The number of aliphatic hydroxyl groups is 1. The number of unbranched alkanes of at least 4 members (excludes halogenated alkanes) is 2. The van der Waals surface area contributed by atoms with E-state index in [1.807, 2.05) is 0 Å². The van der Waals surface area contributed by atoms with Crippen LogP contribution in [0.1, 0.15) is 26.2 Å². The average Bonchev–Trinajstić information content (AvgIpc) is 1.61. The van der Waals surface area contributed by atoms with Gasteiger partial charge in [0.2, 0.25) is 0 Å². The molecular formula is C5H13BrO. The Morgan fingerprint density at radius 3 is 2.00 bits per heavy atom. The summed E-state index contributed by atoms with van der Waals surface area (Å²) in [6.45, 7) is 2.48. The van der Waals surface area contributed by atoms with E-state index >= 15 is 0 Å². The molecule has 7 heavy (non-hydrogen) atoms. The molecule has 0 saturated heterocycles. The van der Waals surface area contributed by atoms with Crippen LogP contribution in [0, 0.1) is 0 Å². The Balaban J connectivity index is 0. The molecule has 0 heterocycles. The molecule has 0 aromatic rings. The fourth-order valence-corrected chi connectivity index (χ4v) is 0.362. The highest BCUT2D eigenvalue weighted by atomic mass is 79.9. The molecule has 0 atom stereocenters. The van der Waals surface area contributed by atoms with Crippen molar-refractivity contribution in [1.29, 1.82) is 0 Å². The summed E-state index contributed by atoms with van der Waals surface area (Å²) in [5, 5.41) is 8.20. The minimum Gasteiger partial charge on any atom is -0.396 e. The van der Waals surface area contributed by atoms with Crippen molar-refractivity contribution in [3.8, 4) is 0 Å². The van der Waals surface area contributed by atoms with Crippen LogP contribution in [0.5, 0.6) is 0 Å². The van der Waals surface area contributed by atoms with Gasteiger partial charge in [-0.3, -0.25) is 0 Å². The van der Waals surface area contributed by atoms with Crippen LogP contribution in [0.4, 0.5) is 0 Å². The fourth-order valence-electron chi connectivity index (χ4n) is 0.362. The van der Waals surface area contributed by atoms with Crippen molar-refractivity contribution in [2.75, 3.05) is 6.61 Å². The molecule has 0 rings (SSSR count). The number of rotatable bonds is 3. The summed E-state index contributed by atoms with van der Waals surface area (Å²) in [6.07, 6.45) is 3.33. The predicted octanol–water partition coefficient (Wildman–Crippen LogP) is 1.75. The molecule has 1 N–H and O–H groups in total. The first-order chi connectivity index (χ1) is 2.91. The second-order valence-electron chi connectivity index (χ2n) is 1.43. The van der Waals surface area contributed by atoms with Crippen LogP contribution in [-0.2, 0) is 0 Å². The molecule has 1 nitrogen and oxygen atoms in total. The van der Waals surface area contributed by atoms with Crippen LogP contribution in [0.25, 0.3) is 0 Å². The molecule has 0 saturated carbocycles. The Labute approximate surface area is 55.5 Å². The molecular weight excluding hydrogens is 156 g/mol. The van der Waals surface area contributed by atoms with Gasteiger partial charge in [-0.15, -0.1) is 17.0 Å². The minimum atomic E-state index is 0.